The lowest BCUT2D eigenvalue weighted by molar-refractivity contribution is 0.308. The molecule has 0 bridgehead atoms. The molecule has 0 aliphatic rings. The molecule has 1 N–H and O–H groups in total. The Morgan fingerprint density at radius 3 is 2.76 bits per heavy atom. The van der Waals surface area contributed by atoms with Crippen molar-refractivity contribution in [2.75, 3.05) is 18.5 Å². The Hall–Kier alpha value is -1.58. The zero-order valence-electron chi connectivity index (χ0n) is 10.9. The van der Waals surface area contributed by atoms with E-state index in [2.05, 4.69) is 21.9 Å². The van der Waals surface area contributed by atoms with Crippen LogP contribution in [0.25, 0.3) is 0 Å². The van der Waals surface area contributed by atoms with Gasteiger partial charge in [-0.05, 0) is 13.8 Å². The largest absolute Gasteiger partial charge is 0.477 e. The number of aryl methyl sites for hydroxylation is 1. The van der Waals surface area contributed by atoms with Crippen molar-refractivity contribution in [2.24, 2.45) is 0 Å². The van der Waals surface area contributed by atoms with E-state index >= 15 is 0 Å². The number of nitrogens with one attached hydrogen (secondary N) is 1. The molecule has 4 nitrogen and oxygen atoms in total. The lowest BCUT2D eigenvalue weighted by atomic mass is 10.3. The van der Waals surface area contributed by atoms with Crippen LogP contribution < -0.4 is 10.1 Å². The fourth-order valence-corrected chi connectivity index (χ4v) is 1.31. The molecule has 0 aliphatic carbocycles. The minimum Gasteiger partial charge on any atom is -0.477 e. The number of aromatic nitrogens is 2. The van der Waals surface area contributed by atoms with Gasteiger partial charge < -0.3 is 10.1 Å². The van der Waals surface area contributed by atoms with Gasteiger partial charge in [0, 0.05) is 25.5 Å². The second-order valence-corrected chi connectivity index (χ2v) is 3.95. The molecule has 1 aromatic heterocycles. The van der Waals surface area contributed by atoms with Gasteiger partial charge in [0.25, 0.3) is 0 Å². The molecule has 1 heterocycles. The highest BCUT2D eigenvalue weighted by Crippen LogP contribution is 2.14. The third kappa shape index (κ3) is 4.85. The van der Waals surface area contributed by atoms with Crippen LogP contribution in [0.4, 0.5) is 5.82 Å². The van der Waals surface area contributed by atoms with Gasteiger partial charge in [-0.15, -0.1) is 6.58 Å². The van der Waals surface area contributed by atoms with Crippen LogP contribution in [0.5, 0.6) is 5.88 Å². The maximum atomic E-state index is 5.59. The molecule has 17 heavy (non-hydrogen) atoms. The second kappa shape index (κ2) is 6.89. The average molecular weight is 235 g/mol. The summed E-state index contributed by atoms with van der Waals surface area (Å²) >= 11 is 0. The van der Waals surface area contributed by atoms with Crippen molar-refractivity contribution in [3.63, 3.8) is 0 Å². The predicted octanol–water partition coefficient (Wildman–Crippen LogP) is 2.82. The van der Waals surface area contributed by atoms with E-state index in [4.69, 9.17) is 4.74 Å². The van der Waals surface area contributed by atoms with Gasteiger partial charge in [0.05, 0.1) is 6.61 Å². The van der Waals surface area contributed by atoms with E-state index in [1.165, 1.54) is 0 Å². The molecule has 0 fully saturated rings. The number of anilines is 1. The van der Waals surface area contributed by atoms with Gasteiger partial charge in [-0.1, -0.05) is 12.5 Å². The lowest BCUT2D eigenvalue weighted by Crippen LogP contribution is -2.06. The van der Waals surface area contributed by atoms with Crippen molar-refractivity contribution in [3.8, 4) is 5.88 Å². The number of hydrogen-bond acceptors (Lipinski definition) is 4. The maximum absolute atomic E-state index is 5.59. The monoisotopic (exact) mass is 235 g/mol. The first-order chi connectivity index (χ1) is 8.15. The highest BCUT2D eigenvalue weighted by atomic mass is 16.5. The summed E-state index contributed by atoms with van der Waals surface area (Å²) in [6.45, 7) is 11.4. The van der Waals surface area contributed by atoms with E-state index in [0.29, 0.717) is 12.5 Å². The van der Waals surface area contributed by atoms with E-state index < -0.39 is 0 Å². The molecule has 1 rings (SSSR count). The Balaban J connectivity index is 2.69. The highest BCUT2D eigenvalue weighted by Gasteiger charge is 2.03. The maximum Gasteiger partial charge on any atom is 0.218 e. The summed E-state index contributed by atoms with van der Waals surface area (Å²) in [5.41, 5.74) is 1.11. The van der Waals surface area contributed by atoms with Gasteiger partial charge in [-0.25, -0.2) is 4.98 Å². The quantitative estimate of drug-likeness (QED) is 0.738. The molecular weight excluding hydrogens is 214 g/mol. The van der Waals surface area contributed by atoms with E-state index in [-0.39, 0.29) is 0 Å². The smallest absolute Gasteiger partial charge is 0.218 e. The minimum absolute atomic E-state index is 0.612. The molecule has 0 aromatic carbocycles. The standard InChI is InChI=1S/C13H21N3O/c1-5-11-15-12(14-6-2)9-13(16-11)17-8-7-10(3)4/h9H,3,5-8H2,1-2,4H3,(H,14,15,16). The first-order valence-corrected chi connectivity index (χ1v) is 6.04. The Morgan fingerprint density at radius 1 is 1.41 bits per heavy atom. The molecule has 0 atom stereocenters. The van der Waals surface area contributed by atoms with Crippen LogP contribution in [0.2, 0.25) is 0 Å². The zero-order valence-corrected chi connectivity index (χ0v) is 10.9. The van der Waals surface area contributed by atoms with Crippen molar-refractivity contribution >= 4 is 5.82 Å². The molecule has 94 valence electrons. The number of rotatable bonds is 7. The Kier molecular flexibility index (Phi) is 5.46. The van der Waals surface area contributed by atoms with Crippen LogP contribution >= 0.6 is 0 Å². The molecule has 4 heteroatoms. The molecule has 0 amide bonds. The van der Waals surface area contributed by atoms with Crippen LogP contribution in [-0.4, -0.2) is 23.1 Å². The summed E-state index contributed by atoms with van der Waals surface area (Å²) < 4.78 is 5.59. The van der Waals surface area contributed by atoms with Gasteiger partial charge in [0.15, 0.2) is 0 Å². The summed E-state index contributed by atoms with van der Waals surface area (Å²) in [7, 11) is 0. The zero-order chi connectivity index (χ0) is 12.7. The Labute approximate surface area is 103 Å². The van der Waals surface area contributed by atoms with Gasteiger partial charge in [0.1, 0.15) is 11.6 Å². The normalized spacial score (nSPS) is 10.1. The van der Waals surface area contributed by atoms with Gasteiger partial charge in [0.2, 0.25) is 5.88 Å². The summed E-state index contributed by atoms with van der Waals surface area (Å²) in [6, 6.07) is 1.83. The molecule has 0 aliphatic heterocycles. The van der Waals surface area contributed by atoms with Crippen LogP contribution in [0.15, 0.2) is 18.2 Å². The van der Waals surface area contributed by atoms with Crippen LogP contribution in [0.1, 0.15) is 33.0 Å². The number of hydrogen-bond donors (Lipinski definition) is 1. The van der Waals surface area contributed by atoms with E-state index in [1.807, 2.05) is 26.8 Å². The first kappa shape index (κ1) is 13.5. The van der Waals surface area contributed by atoms with Crippen LogP contribution in [-0.2, 0) is 6.42 Å². The third-order valence-electron chi connectivity index (χ3n) is 2.20. The van der Waals surface area contributed by atoms with Crippen molar-refractivity contribution < 1.29 is 4.74 Å². The minimum atomic E-state index is 0.612. The lowest BCUT2D eigenvalue weighted by Gasteiger charge is -2.09. The first-order valence-electron chi connectivity index (χ1n) is 6.04. The number of nitrogens with zero attached hydrogens (tertiary/aromatic N) is 2. The molecular formula is C13H21N3O. The summed E-state index contributed by atoms with van der Waals surface area (Å²) in [5, 5.41) is 3.17. The van der Waals surface area contributed by atoms with Gasteiger partial charge in [-0.3, -0.25) is 0 Å². The molecule has 1 aromatic rings. The number of ether oxygens (including phenoxy) is 1. The molecule has 0 unspecified atom stereocenters. The Morgan fingerprint density at radius 2 is 2.18 bits per heavy atom. The van der Waals surface area contributed by atoms with E-state index in [1.54, 1.807) is 0 Å². The third-order valence-corrected chi connectivity index (χ3v) is 2.20. The highest BCUT2D eigenvalue weighted by molar-refractivity contribution is 5.38. The van der Waals surface area contributed by atoms with Crippen molar-refractivity contribution in [1.82, 2.24) is 9.97 Å². The second-order valence-electron chi connectivity index (χ2n) is 3.95. The molecule has 0 saturated heterocycles. The molecule has 0 saturated carbocycles. The van der Waals surface area contributed by atoms with Gasteiger partial charge in [-0.2, -0.15) is 4.98 Å². The topological polar surface area (TPSA) is 47.0 Å². The Bertz CT molecular complexity index is 377. The van der Waals surface area contributed by atoms with Crippen molar-refractivity contribution in [2.45, 2.75) is 33.6 Å². The van der Waals surface area contributed by atoms with Gasteiger partial charge >= 0.3 is 0 Å². The van der Waals surface area contributed by atoms with E-state index in [0.717, 1.165) is 36.6 Å². The average Bonchev–Trinajstić information content (AvgIpc) is 2.28. The van der Waals surface area contributed by atoms with Crippen molar-refractivity contribution in [1.29, 1.82) is 0 Å². The summed E-state index contributed by atoms with van der Waals surface area (Å²) in [4.78, 5) is 8.69. The molecule has 0 radical (unpaired) electrons. The SMILES string of the molecule is C=C(C)CCOc1cc(NCC)nc(CC)n1. The summed E-state index contributed by atoms with van der Waals surface area (Å²) in [5.74, 6) is 2.26. The summed E-state index contributed by atoms with van der Waals surface area (Å²) in [6.07, 6.45) is 1.65. The van der Waals surface area contributed by atoms with E-state index in [9.17, 15) is 0 Å². The van der Waals surface area contributed by atoms with Crippen LogP contribution in [0.3, 0.4) is 0 Å². The van der Waals surface area contributed by atoms with Crippen LogP contribution in [0, 0.1) is 0 Å². The predicted molar refractivity (Wildman–Crippen MR) is 70.5 cm³/mol. The fourth-order valence-electron chi connectivity index (χ4n) is 1.31. The van der Waals surface area contributed by atoms with Crippen molar-refractivity contribution in [3.05, 3.63) is 24.0 Å². The molecule has 0 spiro atoms. The fraction of sp³-hybridized carbons (Fsp3) is 0.538.